The summed E-state index contributed by atoms with van der Waals surface area (Å²) < 4.78 is 9.23. The molecule has 20 heavy (non-hydrogen) atoms. The zero-order chi connectivity index (χ0) is 15.0. The number of carbonyl (C=O) groups excluding carboxylic acids is 2. The van der Waals surface area contributed by atoms with Gasteiger partial charge in [0.15, 0.2) is 6.61 Å². The van der Waals surface area contributed by atoms with E-state index in [1.165, 1.54) is 7.11 Å². The number of esters is 1. The Morgan fingerprint density at radius 1 is 1.25 bits per heavy atom. The second-order valence-corrected chi connectivity index (χ2v) is 4.77. The van der Waals surface area contributed by atoms with Crippen molar-refractivity contribution in [3.8, 4) is 0 Å². The molecule has 110 valence electrons. The first-order valence-electron chi connectivity index (χ1n) is 5.88. The first kappa shape index (κ1) is 16.8. The van der Waals surface area contributed by atoms with Gasteiger partial charge < -0.3 is 14.8 Å². The summed E-state index contributed by atoms with van der Waals surface area (Å²) in [6, 6.07) is 5.18. The average molecular weight is 320 g/mol. The van der Waals surface area contributed by atoms with Gasteiger partial charge in [-0.25, -0.2) is 4.79 Å². The number of halogens is 2. The molecule has 0 saturated carbocycles. The number of amides is 1. The van der Waals surface area contributed by atoms with Gasteiger partial charge in [-0.15, -0.1) is 0 Å². The highest BCUT2D eigenvalue weighted by atomic mass is 35.5. The SMILES string of the molecule is COCC(=O)OCC(=O)NCCc1ccc(Cl)cc1Cl. The molecule has 1 aromatic carbocycles. The molecule has 7 heteroatoms. The molecule has 0 saturated heterocycles. The standard InChI is InChI=1S/C13H15Cl2NO4/c1-19-8-13(18)20-7-12(17)16-5-4-9-2-3-10(14)6-11(9)15/h2-3,6H,4-5,7-8H2,1H3,(H,16,17). The molecule has 0 fully saturated rings. The van der Waals surface area contributed by atoms with Crippen LogP contribution < -0.4 is 5.32 Å². The number of nitrogens with one attached hydrogen (secondary N) is 1. The lowest BCUT2D eigenvalue weighted by atomic mass is 10.1. The van der Waals surface area contributed by atoms with Crippen LogP contribution in [0.2, 0.25) is 10.0 Å². The Kier molecular flexibility index (Phi) is 7.36. The van der Waals surface area contributed by atoms with Crippen LogP contribution in [0, 0.1) is 0 Å². The van der Waals surface area contributed by atoms with Crippen molar-refractivity contribution >= 4 is 35.1 Å². The normalized spacial score (nSPS) is 10.2. The van der Waals surface area contributed by atoms with Crippen LogP contribution in [0.25, 0.3) is 0 Å². The molecule has 0 bridgehead atoms. The summed E-state index contributed by atoms with van der Waals surface area (Å²) in [6.07, 6.45) is 0.563. The predicted molar refractivity (Wildman–Crippen MR) is 76.0 cm³/mol. The molecule has 1 N–H and O–H groups in total. The molecular weight excluding hydrogens is 305 g/mol. The van der Waals surface area contributed by atoms with Crippen LogP contribution >= 0.6 is 23.2 Å². The monoisotopic (exact) mass is 319 g/mol. The highest BCUT2D eigenvalue weighted by Crippen LogP contribution is 2.20. The van der Waals surface area contributed by atoms with Gasteiger partial charge in [-0.3, -0.25) is 4.79 Å². The van der Waals surface area contributed by atoms with Gasteiger partial charge in [-0.2, -0.15) is 0 Å². The summed E-state index contributed by atoms with van der Waals surface area (Å²) in [5.74, 6) is -0.956. The van der Waals surface area contributed by atoms with Crippen molar-refractivity contribution in [3.05, 3.63) is 33.8 Å². The number of ether oxygens (including phenoxy) is 2. The van der Waals surface area contributed by atoms with Gasteiger partial charge in [0.25, 0.3) is 5.91 Å². The largest absolute Gasteiger partial charge is 0.454 e. The Balaban J connectivity index is 2.26. The van der Waals surface area contributed by atoms with Crippen LogP contribution in [0.1, 0.15) is 5.56 Å². The summed E-state index contributed by atoms with van der Waals surface area (Å²) in [7, 11) is 1.37. The van der Waals surface area contributed by atoms with Crippen LogP contribution in [-0.2, 0) is 25.5 Å². The third kappa shape index (κ3) is 6.23. The second-order valence-electron chi connectivity index (χ2n) is 3.93. The lowest BCUT2D eigenvalue weighted by Crippen LogP contribution is -2.31. The number of methoxy groups -OCH3 is 1. The fourth-order valence-corrected chi connectivity index (χ4v) is 1.92. The Morgan fingerprint density at radius 2 is 2.00 bits per heavy atom. The lowest BCUT2D eigenvalue weighted by Gasteiger charge is -2.07. The van der Waals surface area contributed by atoms with E-state index in [1.807, 2.05) is 0 Å². The predicted octanol–water partition coefficient (Wildman–Crippen LogP) is 1.84. The molecule has 0 aromatic heterocycles. The summed E-state index contributed by atoms with van der Waals surface area (Å²) in [5, 5.41) is 3.74. The molecule has 0 aliphatic rings. The highest BCUT2D eigenvalue weighted by Gasteiger charge is 2.07. The third-order valence-electron chi connectivity index (χ3n) is 2.36. The van der Waals surface area contributed by atoms with Crippen molar-refractivity contribution in [3.63, 3.8) is 0 Å². The topological polar surface area (TPSA) is 64.6 Å². The molecule has 1 rings (SSSR count). The molecule has 0 atom stereocenters. The molecule has 0 radical (unpaired) electrons. The number of hydrogen-bond donors (Lipinski definition) is 1. The van der Waals surface area contributed by atoms with E-state index in [9.17, 15) is 9.59 Å². The molecular formula is C13H15Cl2NO4. The minimum Gasteiger partial charge on any atom is -0.454 e. The van der Waals surface area contributed by atoms with Gasteiger partial charge >= 0.3 is 5.97 Å². The van der Waals surface area contributed by atoms with Gasteiger partial charge in [0.2, 0.25) is 0 Å². The number of benzene rings is 1. The highest BCUT2D eigenvalue weighted by molar-refractivity contribution is 6.35. The van der Waals surface area contributed by atoms with Crippen molar-refractivity contribution < 1.29 is 19.1 Å². The Labute approximate surface area is 127 Å². The van der Waals surface area contributed by atoms with Crippen molar-refractivity contribution in [2.24, 2.45) is 0 Å². The number of rotatable bonds is 7. The second kappa shape index (κ2) is 8.79. The van der Waals surface area contributed by atoms with E-state index in [0.717, 1.165) is 5.56 Å². The van der Waals surface area contributed by atoms with Gasteiger partial charge in [0.05, 0.1) is 0 Å². The van der Waals surface area contributed by atoms with E-state index in [2.05, 4.69) is 14.8 Å². The lowest BCUT2D eigenvalue weighted by molar-refractivity contribution is -0.152. The minimum absolute atomic E-state index is 0.173. The smallest absolute Gasteiger partial charge is 0.332 e. The first-order chi connectivity index (χ1) is 9.52. The van der Waals surface area contributed by atoms with E-state index in [-0.39, 0.29) is 19.1 Å². The van der Waals surface area contributed by atoms with E-state index in [4.69, 9.17) is 23.2 Å². The molecule has 1 aromatic rings. The zero-order valence-corrected chi connectivity index (χ0v) is 12.5. The van der Waals surface area contributed by atoms with Crippen LogP contribution in [0.15, 0.2) is 18.2 Å². The average Bonchev–Trinajstić information content (AvgIpc) is 2.39. The zero-order valence-electron chi connectivity index (χ0n) is 10.9. The third-order valence-corrected chi connectivity index (χ3v) is 2.95. The number of carbonyl (C=O) groups is 2. The first-order valence-corrected chi connectivity index (χ1v) is 6.63. The van der Waals surface area contributed by atoms with Gasteiger partial charge in [0.1, 0.15) is 6.61 Å². The van der Waals surface area contributed by atoms with Crippen LogP contribution in [0.4, 0.5) is 0 Å². The van der Waals surface area contributed by atoms with Crippen LogP contribution in [-0.4, -0.2) is 38.7 Å². The van der Waals surface area contributed by atoms with E-state index >= 15 is 0 Å². The van der Waals surface area contributed by atoms with E-state index < -0.39 is 5.97 Å². The molecule has 0 unspecified atom stereocenters. The Morgan fingerprint density at radius 3 is 2.65 bits per heavy atom. The Hall–Kier alpha value is -1.30. The molecule has 1 amide bonds. The van der Waals surface area contributed by atoms with Crippen molar-refractivity contribution in [1.82, 2.24) is 5.32 Å². The van der Waals surface area contributed by atoms with Gasteiger partial charge in [-0.05, 0) is 24.1 Å². The number of hydrogen-bond acceptors (Lipinski definition) is 4. The van der Waals surface area contributed by atoms with Crippen LogP contribution in [0.5, 0.6) is 0 Å². The summed E-state index contributed by atoms with van der Waals surface area (Å²) in [4.78, 5) is 22.4. The van der Waals surface area contributed by atoms with E-state index in [0.29, 0.717) is 23.0 Å². The maximum atomic E-state index is 11.4. The summed E-state index contributed by atoms with van der Waals surface area (Å²) in [6.45, 7) is -0.105. The maximum Gasteiger partial charge on any atom is 0.332 e. The quantitative estimate of drug-likeness (QED) is 0.779. The maximum absolute atomic E-state index is 11.4. The fraction of sp³-hybridized carbons (Fsp3) is 0.385. The van der Waals surface area contributed by atoms with Crippen LogP contribution in [0.3, 0.4) is 0 Å². The Bertz CT molecular complexity index is 479. The summed E-state index contributed by atoms with van der Waals surface area (Å²) >= 11 is 11.8. The fourth-order valence-electron chi connectivity index (χ4n) is 1.42. The van der Waals surface area contributed by atoms with Gasteiger partial charge in [-0.1, -0.05) is 29.3 Å². The van der Waals surface area contributed by atoms with Crippen molar-refractivity contribution in [2.45, 2.75) is 6.42 Å². The molecule has 0 heterocycles. The van der Waals surface area contributed by atoms with Crippen molar-refractivity contribution in [2.75, 3.05) is 26.9 Å². The van der Waals surface area contributed by atoms with Gasteiger partial charge in [0, 0.05) is 23.7 Å². The van der Waals surface area contributed by atoms with E-state index in [1.54, 1.807) is 18.2 Å². The minimum atomic E-state index is -0.580. The van der Waals surface area contributed by atoms with Crippen molar-refractivity contribution in [1.29, 1.82) is 0 Å². The molecule has 0 aliphatic heterocycles. The molecule has 0 spiro atoms. The summed E-state index contributed by atoms with van der Waals surface area (Å²) in [5.41, 5.74) is 0.882. The molecule has 5 nitrogen and oxygen atoms in total. The molecule has 0 aliphatic carbocycles.